The Morgan fingerprint density at radius 2 is 1.26 bits per heavy atom. The third kappa shape index (κ3) is 7.67. The zero-order valence-corrected chi connectivity index (χ0v) is 11.4. The second-order valence-electron chi connectivity index (χ2n) is 2.92. The van der Waals surface area contributed by atoms with Crippen LogP contribution in [0.25, 0.3) is 0 Å². The second kappa shape index (κ2) is 6.35. The summed E-state index contributed by atoms with van der Waals surface area (Å²) in [6.07, 6.45) is 0. The summed E-state index contributed by atoms with van der Waals surface area (Å²) in [7, 11) is -14.9. The molecule has 19 heavy (non-hydrogen) atoms. The first kappa shape index (κ1) is 18.6. The summed E-state index contributed by atoms with van der Waals surface area (Å²) in [5.74, 6) is 0. The van der Waals surface area contributed by atoms with Crippen LogP contribution < -0.4 is 4.72 Å². The molecule has 0 rings (SSSR count). The zero-order chi connectivity index (χ0) is 15.5. The Hall–Kier alpha value is -0.430. The molecule has 0 saturated heterocycles. The van der Waals surface area contributed by atoms with E-state index in [9.17, 15) is 25.3 Å². The highest BCUT2D eigenvalue weighted by Gasteiger charge is 2.28. The summed E-state index contributed by atoms with van der Waals surface area (Å²) in [6.45, 7) is -3.91. The van der Waals surface area contributed by atoms with Crippen molar-refractivity contribution in [2.24, 2.45) is 0 Å². The number of aliphatic hydroxyl groups is 1. The minimum Gasteiger partial charge on any atom is -0.380 e. The minimum atomic E-state index is -5.09. The summed E-state index contributed by atoms with van der Waals surface area (Å²) in [4.78, 5) is 0. The average molecular weight is 345 g/mol. The molecular weight excluding hydrogens is 334 g/mol. The van der Waals surface area contributed by atoms with Gasteiger partial charge in [-0.05, 0) is 0 Å². The van der Waals surface area contributed by atoms with Crippen LogP contribution in [0.3, 0.4) is 0 Å². The monoisotopic (exact) mass is 345 g/mol. The Labute approximate surface area is 109 Å². The summed E-state index contributed by atoms with van der Waals surface area (Å²) in [5.41, 5.74) is 0. The van der Waals surface area contributed by atoms with Crippen LogP contribution in [0.1, 0.15) is 0 Å². The molecule has 0 amide bonds. The van der Waals surface area contributed by atoms with Crippen molar-refractivity contribution in [3.05, 3.63) is 0 Å². The van der Waals surface area contributed by atoms with E-state index in [1.807, 2.05) is 0 Å². The van der Waals surface area contributed by atoms with Gasteiger partial charge < -0.3 is 5.11 Å². The standard InChI is InChI=1S/C3H11N3O10S3/c7-3-6(19(14,15)16)2-5(18(11,12)13)1-4-17(8,9)10/h4,7H,1-3H2,(H,8,9,10)(H,11,12,13)(H,14,15,16). The molecule has 0 saturated carbocycles. The maximum Gasteiger partial charge on any atom is 0.339 e. The number of rotatable bonds is 8. The lowest BCUT2D eigenvalue weighted by atomic mass is 10.9. The molecule has 5 N–H and O–H groups in total. The molecule has 0 heterocycles. The van der Waals surface area contributed by atoms with E-state index in [4.69, 9.17) is 18.8 Å². The highest BCUT2D eigenvalue weighted by atomic mass is 32.2. The van der Waals surface area contributed by atoms with Gasteiger partial charge in [0.1, 0.15) is 6.73 Å². The Bertz CT molecular complexity index is 591. The maximum absolute atomic E-state index is 10.8. The molecule has 0 spiro atoms. The van der Waals surface area contributed by atoms with E-state index in [0.29, 0.717) is 0 Å². The fourth-order valence-corrected chi connectivity index (χ4v) is 2.14. The molecule has 0 bridgehead atoms. The number of aliphatic hydroxyl groups excluding tert-OH is 1. The summed E-state index contributed by atoms with van der Waals surface area (Å²) >= 11 is 0. The van der Waals surface area contributed by atoms with Crippen LogP contribution >= 0.6 is 0 Å². The number of nitrogens with zero attached hydrogens (tertiary/aromatic N) is 2. The molecule has 16 heteroatoms. The highest BCUT2D eigenvalue weighted by Crippen LogP contribution is 2.03. The van der Waals surface area contributed by atoms with E-state index in [2.05, 4.69) is 0 Å². The molecule has 0 fully saturated rings. The van der Waals surface area contributed by atoms with Crippen LogP contribution in [-0.2, 0) is 30.9 Å². The van der Waals surface area contributed by atoms with Gasteiger partial charge >= 0.3 is 30.9 Å². The van der Waals surface area contributed by atoms with Gasteiger partial charge in [0, 0.05) is 0 Å². The van der Waals surface area contributed by atoms with Crippen LogP contribution in [0.5, 0.6) is 0 Å². The van der Waals surface area contributed by atoms with Crippen molar-refractivity contribution >= 4 is 30.9 Å². The number of nitrogens with one attached hydrogen (secondary N) is 1. The number of hydrogen-bond donors (Lipinski definition) is 5. The van der Waals surface area contributed by atoms with Crippen molar-refractivity contribution in [2.75, 3.05) is 20.1 Å². The van der Waals surface area contributed by atoms with Crippen LogP contribution in [0.15, 0.2) is 0 Å². The van der Waals surface area contributed by atoms with E-state index in [-0.39, 0.29) is 8.61 Å². The molecule has 0 aromatic heterocycles. The summed E-state index contributed by atoms with van der Waals surface area (Å²) < 4.78 is 90.0. The van der Waals surface area contributed by atoms with Gasteiger partial charge in [-0.3, -0.25) is 13.7 Å². The quantitative estimate of drug-likeness (QED) is 0.216. The van der Waals surface area contributed by atoms with Gasteiger partial charge in [-0.25, -0.2) is 0 Å². The van der Waals surface area contributed by atoms with E-state index in [1.54, 1.807) is 0 Å². The van der Waals surface area contributed by atoms with E-state index in [0.717, 1.165) is 0 Å². The third-order valence-electron chi connectivity index (χ3n) is 1.55. The molecule has 0 atom stereocenters. The first-order chi connectivity index (χ1) is 8.27. The Morgan fingerprint density at radius 3 is 1.53 bits per heavy atom. The molecule has 0 aliphatic carbocycles. The van der Waals surface area contributed by atoms with Crippen molar-refractivity contribution in [3.8, 4) is 0 Å². The third-order valence-corrected chi connectivity index (χ3v) is 3.82. The fourth-order valence-electron chi connectivity index (χ4n) is 0.725. The predicted octanol–water partition coefficient (Wildman–Crippen LogP) is -3.55. The number of hydrogen-bond acceptors (Lipinski definition) is 7. The van der Waals surface area contributed by atoms with Crippen molar-refractivity contribution < 1.29 is 44.0 Å². The maximum atomic E-state index is 10.8. The van der Waals surface area contributed by atoms with Gasteiger partial charge in [0.05, 0.1) is 13.3 Å². The zero-order valence-electron chi connectivity index (χ0n) is 8.98. The van der Waals surface area contributed by atoms with E-state index in [1.165, 1.54) is 4.72 Å². The molecular formula is C3H11N3O10S3. The smallest absolute Gasteiger partial charge is 0.339 e. The second-order valence-corrected chi connectivity index (χ2v) is 6.98. The van der Waals surface area contributed by atoms with E-state index < -0.39 is 51.0 Å². The van der Waals surface area contributed by atoms with E-state index >= 15 is 0 Å². The first-order valence-electron chi connectivity index (χ1n) is 4.05. The van der Waals surface area contributed by atoms with Gasteiger partial charge in [-0.1, -0.05) is 0 Å². The van der Waals surface area contributed by atoms with Gasteiger partial charge in [-0.2, -0.15) is 30.0 Å². The SMILES string of the molecule is O=S(=O)(O)NCN(CN(CO)S(=O)(=O)O)S(=O)(=O)O. The summed E-state index contributed by atoms with van der Waals surface area (Å²) in [6, 6.07) is 0. The predicted molar refractivity (Wildman–Crippen MR) is 58.3 cm³/mol. The fraction of sp³-hybridized carbons (Fsp3) is 1.00. The lowest BCUT2D eigenvalue weighted by molar-refractivity contribution is 0.134. The highest BCUT2D eigenvalue weighted by molar-refractivity contribution is 7.84. The molecule has 0 aliphatic rings. The van der Waals surface area contributed by atoms with Gasteiger partial charge in [0.15, 0.2) is 0 Å². The van der Waals surface area contributed by atoms with Gasteiger partial charge in [-0.15, -0.1) is 8.61 Å². The molecule has 0 radical (unpaired) electrons. The van der Waals surface area contributed by atoms with Crippen LogP contribution in [0.4, 0.5) is 0 Å². The van der Waals surface area contributed by atoms with Gasteiger partial charge in [0.2, 0.25) is 0 Å². The van der Waals surface area contributed by atoms with Crippen molar-refractivity contribution in [2.45, 2.75) is 0 Å². The molecule has 116 valence electrons. The summed E-state index contributed by atoms with van der Waals surface area (Å²) in [5, 5.41) is 8.60. The van der Waals surface area contributed by atoms with Crippen molar-refractivity contribution in [3.63, 3.8) is 0 Å². The van der Waals surface area contributed by atoms with Crippen LogP contribution in [0, 0.1) is 0 Å². The van der Waals surface area contributed by atoms with Crippen LogP contribution in [-0.4, -0.2) is 72.7 Å². The lowest BCUT2D eigenvalue weighted by Gasteiger charge is -2.23. The minimum absolute atomic E-state index is 0.204. The average Bonchev–Trinajstić information content (AvgIpc) is 2.11. The normalized spacial score (nSPS) is 14.2. The molecule has 0 aromatic rings. The Morgan fingerprint density at radius 1 is 0.842 bits per heavy atom. The lowest BCUT2D eigenvalue weighted by Crippen LogP contribution is -2.48. The van der Waals surface area contributed by atoms with Crippen molar-refractivity contribution in [1.82, 2.24) is 13.3 Å². The molecule has 0 aromatic carbocycles. The van der Waals surface area contributed by atoms with Crippen molar-refractivity contribution in [1.29, 1.82) is 0 Å². The van der Waals surface area contributed by atoms with Gasteiger partial charge in [0.25, 0.3) is 0 Å². The van der Waals surface area contributed by atoms with Crippen LogP contribution in [0.2, 0.25) is 0 Å². The molecule has 0 aliphatic heterocycles. The Balaban J connectivity index is 5.10. The molecule has 0 unspecified atom stereocenters. The Kier molecular flexibility index (Phi) is 6.20. The molecule has 13 nitrogen and oxygen atoms in total. The topological polar surface area (TPSA) is 202 Å². The first-order valence-corrected chi connectivity index (χ1v) is 8.29. The largest absolute Gasteiger partial charge is 0.380 e.